The molecule has 90 valence electrons. The maximum atomic E-state index is 12.7. The third-order valence-electron chi connectivity index (χ3n) is 2.56. The monoisotopic (exact) mass is 240 g/mol. The third-order valence-corrected chi connectivity index (χ3v) is 2.56. The number of hydrogen-bond acceptors (Lipinski definition) is 2. The molecule has 0 radical (unpaired) electrons. The fourth-order valence-electron chi connectivity index (χ4n) is 1.77. The van der Waals surface area contributed by atoms with Gasteiger partial charge in [-0.15, -0.1) is 0 Å². The summed E-state index contributed by atoms with van der Waals surface area (Å²) in [5.41, 5.74) is 0.812. The van der Waals surface area contributed by atoms with Crippen LogP contribution in [0.15, 0.2) is 36.5 Å². The van der Waals surface area contributed by atoms with Crippen LogP contribution in [0, 0.1) is 0 Å². The van der Waals surface area contributed by atoms with Crippen LogP contribution in [0.5, 0.6) is 0 Å². The van der Waals surface area contributed by atoms with Crippen molar-refractivity contribution in [2.24, 2.45) is 0 Å². The van der Waals surface area contributed by atoms with Crippen molar-refractivity contribution in [2.75, 3.05) is 7.05 Å². The molecule has 17 heavy (non-hydrogen) atoms. The van der Waals surface area contributed by atoms with Gasteiger partial charge in [-0.05, 0) is 24.7 Å². The van der Waals surface area contributed by atoms with Gasteiger partial charge < -0.3 is 5.32 Å². The van der Waals surface area contributed by atoms with E-state index < -0.39 is 12.2 Å². The van der Waals surface area contributed by atoms with E-state index in [1.54, 1.807) is 24.3 Å². The Morgan fingerprint density at radius 1 is 1.24 bits per heavy atom. The molecule has 2 rings (SSSR count). The number of para-hydroxylation sites is 1. The zero-order chi connectivity index (χ0) is 12.5. The highest BCUT2D eigenvalue weighted by Gasteiger charge is 2.39. The third kappa shape index (κ3) is 2.39. The zero-order valence-electron chi connectivity index (χ0n) is 9.12. The number of fused-ring (bicyclic) bond motifs is 1. The fourth-order valence-corrected chi connectivity index (χ4v) is 1.77. The van der Waals surface area contributed by atoms with E-state index in [0.717, 1.165) is 0 Å². The highest BCUT2D eigenvalue weighted by Crippen LogP contribution is 2.32. The first-order valence-corrected chi connectivity index (χ1v) is 5.11. The average molecular weight is 240 g/mol. The summed E-state index contributed by atoms with van der Waals surface area (Å²) in [6.45, 7) is 0. The van der Waals surface area contributed by atoms with Gasteiger partial charge in [-0.25, -0.2) is 0 Å². The second kappa shape index (κ2) is 4.33. The highest BCUT2D eigenvalue weighted by atomic mass is 19.4. The summed E-state index contributed by atoms with van der Waals surface area (Å²) in [6.07, 6.45) is -3.06. The number of rotatable bonds is 2. The van der Waals surface area contributed by atoms with E-state index >= 15 is 0 Å². The van der Waals surface area contributed by atoms with Crippen LogP contribution in [0.4, 0.5) is 13.2 Å². The molecule has 0 amide bonds. The Labute approximate surface area is 96.5 Å². The van der Waals surface area contributed by atoms with E-state index in [2.05, 4.69) is 10.3 Å². The molecule has 0 fully saturated rings. The average Bonchev–Trinajstić information content (AvgIpc) is 2.28. The lowest BCUT2D eigenvalue weighted by molar-refractivity contribution is -0.156. The zero-order valence-corrected chi connectivity index (χ0v) is 9.12. The number of nitrogens with zero attached hydrogens (tertiary/aromatic N) is 1. The van der Waals surface area contributed by atoms with E-state index in [-0.39, 0.29) is 5.56 Å². The molecule has 0 spiro atoms. The molecule has 0 aliphatic carbocycles. The van der Waals surface area contributed by atoms with Gasteiger partial charge in [0.1, 0.15) is 6.04 Å². The number of hydrogen-bond donors (Lipinski definition) is 1. The maximum absolute atomic E-state index is 12.7. The Balaban J connectivity index is 2.48. The van der Waals surface area contributed by atoms with Crippen molar-refractivity contribution in [3.63, 3.8) is 0 Å². The van der Waals surface area contributed by atoms with Gasteiger partial charge in [0.15, 0.2) is 0 Å². The van der Waals surface area contributed by atoms with Gasteiger partial charge in [-0.2, -0.15) is 13.2 Å². The van der Waals surface area contributed by atoms with Crippen LogP contribution < -0.4 is 5.32 Å². The predicted octanol–water partition coefficient (Wildman–Crippen LogP) is 3.06. The molecule has 0 aliphatic rings. The normalized spacial score (nSPS) is 13.9. The Morgan fingerprint density at radius 3 is 2.59 bits per heavy atom. The van der Waals surface area contributed by atoms with Gasteiger partial charge in [0.05, 0.1) is 5.52 Å². The van der Waals surface area contributed by atoms with Crippen LogP contribution in [-0.2, 0) is 0 Å². The van der Waals surface area contributed by atoms with E-state index in [0.29, 0.717) is 10.9 Å². The minimum absolute atomic E-state index is 0.124. The molecule has 1 N–H and O–H groups in total. The van der Waals surface area contributed by atoms with Gasteiger partial charge in [-0.1, -0.05) is 18.2 Å². The first kappa shape index (κ1) is 11.9. The Morgan fingerprint density at radius 2 is 1.94 bits per heavy atom. The summed E-state index contributed by atoms with van der Waals surface area (Å²) >= 11 is 0. The Bertz CT molecular complexity index is 522. The minimum atomic E-state index is -4.32. The van der Waals surface area contributed by atoms with Gasteiger partial charge in [0.25, 0.3) is 0 Å². The van der Waals surface area contributed by atoms with Crippen LogP contribution in [-0.4, -0.2) is 18.2 Å². The van der Waals surface area contributed by atoms with Crippen molar-refractivity contribution in [3.8, 4) is 0 Å². The lowest BCUT2D eigenvalue weighted by Gasteiger charge is -2.19. The number of alkyl halides is 3. The molecular weight excluding hydrogens is 229 g/mol. The number of pyridine rings is 1. The Hall–Kier alpha value is -1.62. The number of nitrogens with one attached hydrogen (secondary N) is 1. The van der Waals surface area contributed by atoms with Crippen molar-refractivity contribution in [1.82, 2.24) is 10.3 Å². The van der Waals surface area contributed by atoms with Crippen molar-refractivity contribution in [1.29, 1.82) is 0 Å². The summed E-state index contributed by atoms with van der Waals surface area (Å²) < 4.78 is 38.1. The maximum Gasteiger partial charge on any atom is 0.407 e. The molecule has 1 heterocycles. The molecule has 0 saturated heterocycles. The molecule has 2 aromatic rings. The summed E-state index contributed by atoms with van der Waals surface area (Å²) in [7, 11) is 1.29. The predicted molar refractivity (Wildman–Crippen MR) is 59.6 cm³/mol. The quantitative estimate of drug-likeness (QED) is 0.872. The molecule has 1 aromatic heterocycles. The lowest BCUT2D eigenvalue weighted by Crippen LogP contribution is -2.31. The molecule has 0 bridgehead atoms. The molecule has 1 aromatic carbocycles. The molecular formula is C12H11F3N2. The van der Waals surface area contributed by atoms with E-state index in [1.807, 2.05) is 0 Å². The molecule has 0 saturated carbocycles. The first-order valence-electron chi connectivity index (χ1n) is 5.11. The van der Waals surface area contributed by atoms with E-state index in [4.69, 9.17) is 0 Å². The minimum Gasteiger partial charge on any atom is -0.305 e. The molecule has 1 atom stereocenters. The van der Waals surface area contributed by atoms with Crippen LogP contribution in [0.1, 0.15) is 11.6 Å². The summed E-state index contributed by atoms with van der Waals surface area (Å²) in [5, 5.41) is 2.96. The van der Waals surface area contributed by atoms with Gasteiger partial charge in [0, 0.05) is 11.6 Å². The van der Waals surface area contributed by atoms with Crippen molar-refractivity contribution >= 4 is 10.9 Å². The van der Waals surface area contributed by atoms with E-state index in [9.17, 15) is 13.2 Å². The number of benzene rings is 1. The number of halogens is 3. The molecule has 5 heteroatoms. The van der Waals surface area contributed by atoms with Crippen LogP contribution in [0.3, 0.4) is 0 Å². The smallest absolute Gasteiger partial charge is 0.305 e. The van der Waals surface area contributed by atoms with Gasteiger partial charge in [-0.3, -0.25) is 4.98 Å². The summed E-state index contributed by atoms with van der Waals surface area (Å²) in [4.78, 5) is 4.02. The van der Waals surface area contributed by atoms with Crippen molar-refractivity contribution in [3.05, 3.63) is 42.1 Å². The lowest BCUT2D eigenvalue weighted by atomic mass is 10.1. The van der Waals surface area contributed by atoms with Crippen LogP contribution in [0.2, 0.25) is 0 Å². The largest absolute Gasteiger partial charge is 0.407 e. The van der Waals surface area contributed by atoms with Crippen LogP contribution in [0.25, 0.3) is 10.9 Å². The Kier molecular flexibility index (Phi) is 3.02. The fraction of sp³-hybridized carbons (Fsp3) is 0.250. The summed E-state index contributed by atoms with van der Waals surface area (Å²) in [6, 6.07) is 6.91. The number of aromatic nitrogens is 1. The summed E-state index contributed by atoms with van der Waals surface area (Å²) in [5.74, 6) is 0. The SMILES string of the molecule is CNC(c1cnc2ccccc2c1)C(F)(F)F. The van der Waals surface area contributed by atoms with Crippen LogP contribution >= 0.6 is 0 Å². The topological polar surface area (TPSA) is 24.9 Å². The molecule has 1 unspecified atom stereocenters. The standard InChI is InChI=1S/C12H11F3N2/c1-16-11(12(13,14)15)9-6-8-4-2-3-5-10(8)17-7-9/h2-7,11,16H,1H3. The molecule has 2 nitrogen and oxygen atoms in total. The molecule has 0 aliphatic heterocycles. The van der Waals surface area contributed by atoms with E-state index in [1.165, 1.54) is 19.3 Å². The van der Waals surface area contributed by atoms with Crippen molar-refractivity contribution < 1.29 is 13.2 Å². The second-order valence-electron chi connectivity index (χ2n) is 3.72. The second-order valence-corrected chi connectivity index (χ2v) is 3.72. The van der Waals surface area contributed by atoms with Gasteiger partial charge >= 0.3 is 6.18 Å². The highest BCUT2D eigenvalue weighted by molar-refractivity contribution is 5.78. The first-order chi connectivity index (χ1) is 8.02. The van der Waals surface area contributed by atoms with Gasteiger partial charge in [0.2, 0.25) is 0 Å². The van der Waals surface area contributed by atoms with Crippen molar-refractivity contribution in [2.45, 2.75) is 12.2 Å².